The highest BCUT2D eigenvalue weighted by atomic mass is 15.1. The number of aryl methyl sites for hydroxylation is 1. The van der Waals surface area contributed by atoms with Gasteiger partial charge < -0.3 is 9.80 Å². The molecule has 9 rings (SSSR count). The molecule has 7 aromatic carbocycles. The van der Waals surface area contributed by atoms with E-state index in [0.29, 0.717) is 0 Å². The van der Waals surface area contributed by atoms with Gasteiger partial charge >= 0.3 is 0 Å². The Labute approximate surface area is 314 Å². The van der Waals surface area contributed by atoms with Crippen molar-refractivity contribution < 1.29 is 0 Å². The van der Waals surface area contributed by atoms with Gasteiger partial charge in [-0.15, -0.1) is 0 Å². The Morgan fingerprint density at radius 1 is 0.434 bits per heavy atom. The molecule has 0 saturated heterocycles. The maximum absolute atomic E-state index is 2.49. The number of fused-ring (bicyclic) bond motifs is 4. The van der Waals surface area contributed by atoms with Crippen LogP contribution >= 0.6 is 0 Å². The van der Waals surface area contributed by atoms with Crippen LogP contribution in [0.4, 0.5) is 34.1 Å². The predicted octanol–water partition coefficient (Wildman–Crippen LogP) is 14.0. The maximum Gasteiger partial charge on any atom is 0.0496 e. The van der Waals surface area contributed by atoms with E-state index in [1.54, 1.807) is 0 Å². The molecule has 2 aliphatic carbocycles. The summed E-state index contributed by atoms with van der Waals surface area (Å²) in [6.45, 7) is 4.77. The van der Waals surface area contributed by atoms with Crippen LogP contribution in [0.1, 0.15) is 60.1 Å². The molecule has 0 unspecified atom stereocenters. The lowest BCUT2D eigenvalue weighted by molar-refractivity contribution is 0.660. The second kappa shape index (κ2) is 13.8. The largest absolute Gasteiger partial charge is 0.311 e. The van der Waals surface area contributed by atoms with Gasteiger partial charge in [0.15, 0.2) is 0 Å². The van der Waals surface area contributed by atoms with Crippen molar-refractivity contribution >= 4 is 46.3 Å². The molecule has 2 aliphatic rings. The van der Waals surface area contributed by atoms with Gasteiger partial charge in [0.25, 0.3) is 0 Å². The van der Waals surface area contributed by atoms with Crippen molar-refractivity contribution in [2.45, 2.75) is 44.9 Å². The molecular weight excluding hydrogens is 641 g/mol. The first-order valence-corrected chi connectivity index (χ1v) is 19.0. The van der Waals surface area contributed by atoms with Crippen molar-refractivity contribution in [1.82, 2.24) is 0 Å². The molecule has 53 heavy (non-hydrogen) atoms. The topological polar surface area (TPSA) is 6.48 Å². The average molecular weight is 685 g/mol. The Morgan fingerprint density at radius 2 is 0.943 bits per heavy atom. The Balaban J connectivity index is 1.01. The SMILES string of the molecule is CC1(C)c2cc(/C=C/c3ccc(N(c4ccccc4)c4ccccc4)cc3)ccc2-c2ccc(N(c3ccccc3)c3cccc4c3CCCC4)cc21. The number of anilines is 6. The summed E-state index contributed by atoms with van der Waals surface area (Å²) in [5, 5.41) is 0. The van der Waals surface area contributed by atoms with Gasteiger partial charge in [0, 0.05) is 39.5 Å². The van der Waals surface area contributed by atoms with E-state index in [-0.39, 0.29) is 5.41 Å². The summed E-state index contributed by atoms with van der Waals surface area (Å²) in [5.41, 5.74) is 17.8. The summed E-state index contributed by atoms with van der Waals surface area (Å²) < 4.78 is 0. The fraction of sp³-hybridized carbons (Fsp3) is 0.137. The fourth-order valence-corrected chi connectivity index (χ4v) is 8.49. The number of para-hydroxylation sites is 3. The Hall–Kier alpha value is -6.12. The van der Waals surface area contributed by atoms with Gasteiger partial charge in [0.2, 0.25) is 0 Å². The first-order valence-electron chi connectivity index (χ1n) is 19.0. The van der Waals surface area contributed by atoms with Crippen molar-refractivity contribution in [3.05, 3.63) is 203 Å². The highest BCUT2D eigenvalue weighted by molar-refractivity contribution is 5.87. The van der Waals surface area contributed by atoms with Crippen LogP contribution in [0.25, 0.3) is 23.3 Å². The quantitative estimate of drug-likeness (QED) is 0.147. The maximum atomic E-state index is 2.49. The lowest BCUT2D eigenvalue weighted by Crippen LogP contribution is -2.18. The van der Waals surface area contributed by atoms with E-state index in [0.717, 1.165) is 23.5 Å². The summed E-state index contributed by atoms with van der Waals surface area (Å²) in [6, 6.07) is 61.9. The van der Waals surface area contributed by atoms with Crippen molar-refractivity contribution in [3.63, 3.8) is 0 Å². The minimum Gasteiger partial charge on any atom is -0.311 e. The molecule has 258 valence electrons. The Kier molecular flexibility index (Phi) is 8.52. The molecule has 2 heteroatoms. The summed E-state index contributed by atoms with van der Waals surface area (Å²) in [4.78, 5) is 4.79. The Bertz CT molecular complexity index is 2370. The third-order valence-corrected chi connectivity index (χ3v) is 11.2. The van der Waals surface area contributed by atoms with E-state index in [2.05, 4.69) is 206 Å². The lowest BCUT2D eigenvalue weighted by Gasteiger charge is -2.31. The summed E-state index contributed by atoms with van der Waals surface area (Å²) >= 11 is 0. The van der Waals surface area contributed by atoms with Crippen LogP contribution in [0.15, 0.2) is 170 Å². The molecule has 0 aromatic heterocycles. The molecule has 0 atom stereocenters. The summed E-state index contributed by atoms with van der Waals surface area (Å²) in [6.07, 6.45) is 9.31. The van der Waals surface area contributed by atoms with Gasteiger partial charge in [0.05, 0.1) is 0 Å². The number of rotatable bonds is 8. The second-order valence-electron chi connectivity index (χ2n) is 14.9. The van der Waals surface area contributed by atoms with Crippen LogP contribution in [0, 0.1) is 0 Å². The molecule has 0 saturated carbocycles. The predicted molar refractivity (Wildman–Crippen MR) is 225 cm³/mol. The van der Waals surface area contributed by atoms with Crippen molar-refractivity contribution in [2.75, 3.05) is 9.80 Å². The first kappa shape index (κ1) is 32.8. The first-order chi connectivity index (χ1) is 26.0. The van der Waals surface area contributed by atoms with Crippen molar-refractivity contribution in [2.24, 2.45) is 0 Å². The second-order valence-corrected chi connectivity index (χ2v) is 14.9. The molecule has 0 aliphatic heterocycles. The lowest BCUT2D eigenvalue weighted by atomic mass is 9.81. The summed E-state index contributed by atoms with van der Waals surface area (Å²) in [7, 11) is 0. The standard InChI is InChI=1S/C51H44N2/c1-51(2)48-35-38(26-25-37-27-30-43(31-28-37)52(40-17-6-3-7-18-40)41-19-8-4-9-20-41)29-33-46(48)47-34-32-44(36-49(47)51)53(42-21-10-5-11-22-42)50-24-14-16-39-15-12-13-23-45(39)50/h3-11,14,16-22,24-36H,12-13,15,23H2,1-2H3/b26-25+. The molecule has 0 spiro atoms. The van der Waals surface area contributed by atoms with Crippen LogP contribution in [-0.2, 0) is 18.3 Å². The highest BCUT2D eigenvalue weighted by Crippen LogP contribution is 2.51. The number of hydrogen-bond donors (Lipinski definition) is 0. The molecule has 0 fully saturated rings. The highest BCUT2D eigenvalue weighted by Gasteiger charge is 2.36. The molecule has 7 aromatic rings. The molecule has 0 bridgehead atoms. The van der Waals surface area contributed by atoms with Crippen LogP contribution in [-0.4, -0.2) is 0 Å². The van der Waals surface area contributed by atoms with Gasteiger partial charge in [-0.2, -0.15) is 0 Å². The zero-order valence-corrected chi connectivity index (χ0v) is 30.5. The van der Waals surface area contributed by atoms with Gasteiger partial charge in [-0.25, -0.2) is 0 Å². The monoisotopic (exact) mass is 684 g/mol. The summed E-state index contributed by atoms with van der Waals surface area (Å²) in [5.74, 6) is 0. The molecule has 0 heterocycles. The van der Waals surface area contributed by atoms with Gasteiger partial charge in [-0.05, 0) is 137 Å². The van der Waals surface area contributed by atoms with E-state index in [1.165, 1.54) is 80.8 Å². The van der Waals surface area contributed by atoms with E-state index in [4.69, 9.17) is 0 Å². The Morgan fingerprint density at radius 3 is 1.60 bits per heavy atom. The van der Waals surface area contributed by atoms with E-state index in [9.17, 15) is 0 Å². The number of nitrogens with zero attached hydrogens (tertiary/aromatic N) is 2. The van der Waals surface area contributed by atoms with Crippen LogP contribution in [0.2, 0.25) is 0 Å². The molecule has 2 nitrogen and oxygen atoms in total. The minimum absolute atomic E-state index is 0.136. The van der Waals surface area contributed by atoms with E-state index < -0.39 is 0 Å². The minimum atomic E-state index is -0.136. The van der Waals surface area contributed by atoms with Crippen molar-refractivity contribution in [1.29, 1.82) is 0 Å². The third kappa shape index (κ3) is 6.15. The van der Waals surface area contributed by atoms with Gasteiger partial charge in [-0.3, -0.25) is 0 Å². The zero-order chi connectivity index (χ0) is 35.8. The molecule has 0 radical (unpaired) electrons. The van der Waals surface area contributed by atoms with E-state index in [1.807, 2.05) is 0 Å². The van der Waals surface area contributed by atoms with Gasteiger partial charge in [0.1, 0.15) is 0 Å². The van der Waals surface area contributed by atoms with Crippen LogP contribution in [0.5, 0.6) is 0 Å². The number of benzene rings is 7. The number of hydrogen-bond acceptors (Lipinski definition) is 2. The fourth-order valence-electron chi connectivity index (χ4n) is 8.49. The normalized spacial score (nSPS) is 14.0. The van der Waals surface area contributed by atoms with Gasteiger partial charge in [-0.1, -0.05) is 129 Å². The smallest absolute Gasteiger partial charge is 0.0496 e. The van der Waals surface area contributed by atoms with E-state index >= 15 is 0 Å². The van der Waals surface area contributed by atoms with Crippen LogP contribution < -0.4 is 9.80 Å². The molecule has 0 amide bonds. The third-order valence-electron chi connectivity index (χ3n) is 11.2. The van der Waals surface area contributed by atoms with Crippen molar-refractivity contribution in [3.8, 4) is 11.1 Å². The average Bonchev–Trinajstić information content (AvgIpc) is 3.44. The zero-order valence-electron chi connectivity index (χ0n) is 30.5. The molecular formula is C51H44N2. The van der Waals surface area contributed by atoms with Crippen LogP contribution in [0.3, 0.4) is 0 Å². The molecule has 0 N–H and O–H groups in total.